The molecule has 0 unspecified atom stereocenters. The minimum Gasteiger partial charge on any atom is -0.480 e. The number of amides is 2. The molecule has 0 aliphatic rings. The zero-order valence-corrected chi connectivity index (χ0v) is 12.3. The number of carbonyl (C=O) groups excluding carboxylic acids is 2. The second-order valence-electron chi connectivity index (χ2n) is 4.17. The van der Waals surface area contributed by atoms with Crippen molar-refractivity contribution in [3.63, 3.8) is 0 Å². The highest BCUT2D eigenvalue weighted by Gasteiger charge is 2.28. The first kappa shape index (κ1) is 18.7. The first-order valence-corrected chi connectivity index (χ1v) is 7.42. The molecule has 0 saturated carbocycles. The number of hydrogen-bond acceptors (Lipinski definition) is 6. The molecule has 0 saturated heterocycles. The molecule has 0 heterocycles. The minimum absolute atomic E-state index is 0.262. The van der Waals surface area contributed by atoms with E-state index in [9.17, 15) is 19.5 Å². The van der Waals surface area contributed by atoms with Gasteiger partial charge in [-0.2, -0.15) is 11.8 Å². The van der Waals surface area contributed by atoms with E-state index in [0.717, 1.165) is 0 Å². The molecule has 0 bridgehead atoms. The molecule has 0 aliphatic heterocycles. The average Bonchev–Trinajstić information content (AvgIpc) is 2.39. The van der Waals surface area contributed by atoms with Gasteiger partial charge in [-0.25, -0.2) is 4.79 Å². The van der Waals surface area contributed by atoms with E-state index in [0.29, 0.717) is 12.2 Å². The molecule has 0 rings (SSSR count). The fourth-order valence-corrected chi connectivity index (χ4v) is 1.87. The van der Waals surface area contributed by atoms with E-state index in [4.69, 9.17) is 10.8 Å². The largest absolute Gasteiger partial charge is 0.480 e. The Hall–Kier alpha value is -1.32. The molecule has 0 aromatic rings. The molecule has 20 heavy (non-hydrogen) atoms. The summed E-state index contributed by atoms with van der Waals surface area (Å²) >= 11 is 1.49. The minimum atomic E-state index is -1.42. The van der Waals surface area contributed by atoms with Crippen molar-refractivity contribution in [2.75, 3.05) is 18.6 Å². The van der Waals surface area contributed by atoms with Crippen molar-refractivity contribution in [2.24, 2.45) is 5.73 Å². The Bertz CT molecular complexity index is 351. The summed E-state index contributed by atoms with van der Waals surface area (Å²) in [7, 11) is 0. The number of hydrogen-bond donors (Lipinski definition) is 5. The molecule has 0 radical (unpaired) electrons. The maximum atomic E-state index is 12.0. The van der Waals surface area contributed by atoms with E-state index >= 15 is 0 Å². The lowest BCUT2D eigenvalue weighted by Crippen LogP contribution is -2.55. The zero-order chi connectivity index (χ0) is 15.7. The predicted molar refractivity (Wildman–Crippen MR) is 75.2 cm³/mol. The third-order valence-electron chi connectivity index (χ3n) is 2.49. The fraction of sp³-hybridized carbons (Fsp3) is 0.727. The van der Waals surface area contributed by atoms with Crippen LogP contribution >= 0.6 is 11.8 Å². The van der Waals surface area contributed by atoms with Crippen molar-refractivity contribution >= 4 is 29.5 Å². The Balaban J connectivity index is 4.74. The van der Waals surface area contributed by atoms with Crippen LogP contribution in [-0.2, 0) is 14.4 Å². The number of carbonyl (C=O) groups is 3. The van der Waals surface area contributed by atoms with Crippen LogP contribution in [0.1, 0.15) is 13.3 Å². The quantitative estimate of drug-likeness (QED) is 0.336. The van der Waals surface area contributed by atoms with Crippen LogP contribution in [0.2, 0.25) is 0 Å². The van der Waals surface area contributed by atoms with E-state index in [1.807, 2.05) is 6.26 Å². The number of aliphatic carboxylic acids is 1. The standard InChI is InChI=1S/C11H21N3O5S/c1-6(15)9(11(18)19)14-10(17)7(3-4-20-2)13-8(16)5-12/h6-7,9,15H,3-5,12H2,1-2H3,(H,13,16)(H,14,17)(H,18,19)/t6-,7+,9+/m1/s1. The summed E-state index contributed by atoms with van der Waals surface area (Å²) in [6.07, 6.45) is 0.934. The van der Waals surface area contributed by atoms with Gasteiger partial charge in [0.05, 0.1) is 12.6 Å². The summed E-state index contributed by atoms with van der Waals surface area (Å²) < 4.78 is 0. The van der Waals surface area contributed by atoms with E-state index in [1.54, 1.807) is 0 Å². The average molecular weight is 307 g/mol. The lowest BCUT2D eigenvalue weighted by atomic mass is 10.1. The van der Waals surface area contributed by atoms with Gasteiger partial charge in [0, 0.05) is 0 Å². The molecular formula is C11H21N3O5S. The van der Waals surface area contributed by atoms with E-state index in [2.05, 4.69) is 10.6 Å². The molecule has 6 N–H and O–H groups in total. The molecule has 3 atom stereocenters. The third kappa shape index (κ3) is 6.73. The Morgan fingerprint density at radius 2 is 1.90 bits per heavy atom. The number of nitrogens with two attached hydrogens (primary N) is 1. The lowest BCUT2D eigenvalue weighted by Gasteiger charge is -2.22. The van der Waals surface area contributed by atoms with Crippen LogP contribution in [-0.4, -0.2) is 64.7 Å². The number of thioether (sulfide) groups is 1. The number of aliphatic hydroxyl groups excluding tert-OH is 1. The van der Waals surface area contributed by atoms with Gasteiger partial charge in [0.15, 0.2) is 6.04 Å². The molecule has 0 fully saturated rings. The van der Waals surface area contributed by atoms with Crippen molar-refractivity contribution in [3.8, 4) is 0 Å². The van der Waals surface area contributed by atoms with E-state index < -0.39 is 36.0 Å². The van der Waals surface area contributed by atoms with Gasteiger partial charge in [0.2, 0.25) is 11.8 Å². The number of rotatable bonds is 9. The van der Waals surface area contributed by atoms with E-state index in [1.165, 1.54) is 18.7 Å². The van der Waals surface area contributed by atoms with Crippen molar-refractivity contribution in [3.05, 3.63) is 0 Å². The molecular weight excluding hydrogens is 286 g/mol. The van der Waals surface area contributed by atoms with Crippen LogP contribution < -0.4 is 16.4 Å². The van der Waals surface area contributed by atoms with Gasteiger partial charge in [-0.3, -0.25) is 9.59 Å². The normalized spacial score (nSPS) is 15.0. The van der Waals surface area contributed by atoms with Gasteiger partial charge < -0.3 is 26.6 Å². The summed E-state index contributed by atoms with van der Waals surface area (Å²) in [5, 5.41) is 22.8. The topological polar surface area (TPSA) is 142 Å². The Kier molecular flexibility index (Phi) is 8.93. The molecule has 116 valence electrons. The molecule has 0 spiro atoms. The van der Waals surface area contributed by atoms with Gasteiger partial charge in [0.1, 0.15) is 6.04 Å². The van der Waals surface area contributed by atoms with Gasteiger partial charge in [-0.15, -0.1) is 0 Å². The van der Waals surface area contributed by atoms with Crippen molar-refractivity contribution in [2.45, 2.75) is 31.5 Å². The SMILES string of the molecule is CSCC[C@H](NC(=O)CN)C(=O)N[C@H](C(=O)O)[C@@H](C)O. The highest BCUT2D eigenvalue weighted by molar-refractivity contribution is 7.98. The van der Waals surface area contributed by atoms with Crippen LogP contribution in [0.5, 0.6) is 0 Å². The molecule has 0 aromatic carbocycles. The van der Waals surface area contributed by atoms with Crippen LogP contribution in [0.15, 0.2) is 0 Å². The first-order valence-electron chi connectivity index (χ1n) is 6.03. The van der Waals surface area contributed by atoms with Crippen molar-refractivity contribution < 1.29 is 24.6 Å². The Morgan fingerprint density at radius 3 is 2.30 bits per heavy atom. The highest BCUT2D eigenvalue weighted by atomic mass is 32.2. The summed E-state index contributed by atoms with van der Waals surface area (Å²) in [4.78, 5) is 34.1. The highest BCUT2D eigenvalue weighted by Crippen LogP contribution is 2.03. The Morgan fingerprint density at radius 1 is 1.30 bits per heavy atom. The molecule has 2 amide bonds. The van der Waals surface area contributed by atoms with Gasteiger partial charge in [-0.05, 0) is 25.4 Å². The number of carboxylic acids is 1. The smallest absolute Gasteiger partial charge is 0.328 e. The van der Waals surface area contributed by atoms with Crippen LogP contribution in [0.25, 0.3) is 0 Å². The maximum absolute atomic E-state index is 12.0. The van der Waals surface area contributed by atoms with Crippen LogP contribution in [0.3, 0.4) is 0 Å². The van der Waals surface area contributed by atoms with Gasteiger partial charge >= 0.3 is 5.97 Å². The third-order valence-corrected chi connectivity index (χ3v) is 3.14. The van der Waals surface area contributed by atoms with Crippen LogP contribution in [0.4, 0.5) is 0 Å². The summed E-state index contributed by atoms with van der Waals surface area (Å²) in [5.74, 6) is -1.90. The van der Waals surface area contributed by atoms with E-state index in [-0.39, 0.29) is 6.54 Å². The Labute approximate surface area is 121 Å². The van der Waals surface area contributed by atoms with Crippen molar-refractivity contribution in [1.82, 2.24) is 10.6 Å². The lowest BCUT2D eigenvalue weighted by molar-refractivity contribution is -0.145. The first-order chi connectivity index (χ1) is 9.33. The maximum Gasteiger partial charge on any atom is 0.328 e. The molecule has 9 heteroatoms. The number of carboxylic acid groups (broad SMARTS) is 1. The van der Waals surface area contributed by atoms with Crippen molar-refractivity contribution in [1.29, 1.82) is 0 Å². The number of nitrogens with one attached hydrogen (secondary N) is 2. The molecule has 0 aliphatic carbocycles. The molecule has 8 nitrogen and oxygen atoms in total. The summed E-state index contributed by atoms with van der Waals surface area (Å²) in [6, 6.07) is -2.30. The zero-order valence-electron chi connectivity index (χ0n) is 11.5. The summed E-state index contributed by atoms with van der Waals surface area (Å²) in [5.41, 5.74) is 5.16. The fourth-order valence-electron chi connectivity index (χ4n) is 1.40. The summed E-state index contributed by atoms with van der Waals surface area (Å²) in [6.45, 7) is 0.996. The predicted octanol–water partition coefficient (Wildman–Crippen LogP) is -1.87. The second-order valence-corrected chi connectivity index (χ2v) is 5.16. The number of aliphatic hydroxyl groups is 1. The second kappa shape index (κ2) is 9.56. The molecule has 0 aromatic heterocycles. The van der Waals surface area contributed by atoms with Gasteiger partial charge in [0.25, 0.3) is 0 Å². The van der Waals surface area contributed by atoms with Crippen LogP contribution in [0, 0.1) is 0 Å². The monoisotopic (exact) mass is 307 g/mol. The van der Waals surface area contributed by atoms with Gasteiger partial charge in [-0.1, -0.05) is 0 Å².